The third-order valence-electron chi connectivity index (χ3n) is 4.16. The molecule has 0 radical (unpaired) electrons. The van der Waals surface area contributed by atoms with Crippen molar-refractivity contribution in [3.8, 4) is 5.69 Å². The molecule has 4 rings (SSSR count). The highest BCUT2D eigenvalue weighted by molar-refractivity contribution is 6.07. The van der Waals surface area contributed by atoms with Crippen LogP contribution in [0.5, 0.6) is 0 Å². The number of hydrogen-bond acceptors (Lipinski definition) is 4. The first-order chi connectivity index (χ1) is 11.6. The van der Waals surface area contributed by atoms with Crippen LogP contribution in [0.15, 0.2) is 54.0 Å². The summed E-state index contributed by atoms with van der Waals surface area (Å²) in [7, 11) is 1.78. The topological polar surface area (TPSA) is 73.0 Å². The van der Waals surface area contributed by atoms with Gasteiger partial charge in [0.1, 0.15) is 0 Å². The highest BCUT2D eigenvalue weighted by atomic mass is 16.2. The summed E-state index contributed by atoms with van der Waals surface area (Å²) in [6, 6.07) is 4.89. The van der Waals surface area contributed by atoms with Crippen molar-refractivity contribution < 1.29 is 4.79 Å². The predicted octanol–water partition coefficient (Wildman–Crippen LogP) is 1.17. The molecule has 0 fully saturated rings. The smallest absolute Gasteiger partial charge is 0.259 e. The second kappa shape index (κ2) is 5.45. The first-order valence-corrected chi connectivity index (χ1v) is 7.60. The van der Waals surface area contributed by atoms with E-state index in [4.69, 9.17) is 0 Å². The average Bonchev–Trinajstić information content (AvgIpc) is 3.21. The molecule has 3 aromatic rings. The number of fused-ring (bicyclic) bond motifs is 1. The van der Waals surface area contributed by atoms with Gasteiger partial charge >= 0.3 is 0 Å². The molecule has 0 aromatic carbocycles. The standard InChI is InChI=1S/C17H15N5O2/c1-20-11-14(8-19-20)22-10-13(2-3-16(22)23)17(24)21-7-5-12-4-6-18-9-15(12)21/h2-4,6,8-11H,5,7H2,1H3. The molecule has 0 aliphatic carbocycles. The number of amides is 1. The fraction of sp³-hybridized carbons (Fsp3) is 0.176. The van der Waals surface area contributed by atoms with Crippen molar-refractivity contribution in [2.75, 3.05) is 11.4 Å². The Labute approximate surface area is 137 Å². The zero-order valence-electron chi connectivity index (χ0n) is 13.1. The molecule has 0 atom stereocenters. The molecule has 120 valence electrons. The van der Waals surface area contributed by atoms with Gasteiger partial charge in [-0.3, -0.25) is 23.8 Å². The number of anilines is 1. The lowest BCUT2D eigenvalue weighted by atomic mass is 10.2. The summed E-state index contributed by atoms with van der Waals surface area (Å²) in [4.78, 5) is 30.8. The first-order valence-electron chi connectivity index (χ1n) is 7.60. The van der Waals surface area contributed by atoms with Crippen molar-refractivity contribution in [1.82, 2.24) is 19.3 Å². The van der Waals surface area contributed by atoms with Crippen LogP contribution in [0.2, 0.25) is 0 Å². The molecule has 3 aromatic heterocycles. The van der Waals surface area contributed by atoms with Crippen LogP contribution >= 0.6 is 0 Å². The Morgan fingerprint density at radius 2 is 2.04 bits per heavy atom. The van der Waals surface area contributed by atoms with E-state index in [1.165, 1.54) is 10.6 Å². The summed E-state index contributed by atoms with van der Waals surface area (Å²) in [5, 5.41) is 4.07. The van der Waals surface area contributed by atoms with Crippen LogP contribution in [-0.4, -0.2) is 31.8 Å². The SMILES string of the molecule is Cn1cc(-n2cc(C(=O)N3CCc4ccncc43)ccc2=O)cn1. The molecule has 0 N–H and O–H groups in total. The zero-order valence-corrected chi connectivity index (χ0v) is 13.1. The van der Waals surface area contributed by atoms with E-state index in [1.54, 1.807) is 53.7 Å². The molecule has 7 nitrogen and oxygen atoms in total. The van der Waals surface area contributed by atoms with Crippen molar-refractivity contribution in [2.24, 2.45) is 7.05 Å². The van der Waals surface area contributed by atoms with Crippen LogP contribution in [0.4, 0.5) is 5.69 Å². The van der Waals surface area contributed by atoms with Gasteiger partial charge in [0.2, 0.25) is 0 Å². The maximum Gasteiger partial charge on any atom is 0.259 e. The van der Waals surface area contributed by atoms with Gasteiger partial charge in [-0.15, -0.1) is 0 Å². The van der Waals surface area contributed by atoms with E-state index in [0.29, 0.717) is 17.8 Å². The third-order valence-corrected chi connectivity index (χ3v) is 4.16. The van der Waals surface area contributed by atoms with E-state index in [1.807, 2.05) is 6.07 Å². The second-order valence-corrected chi connectivity index (χ2v) is 5.71. The van der Waals surface area contributed by atoms with E-state index in [-0.39, 0.29) is 11.5 Å². The van der Waals surface area contributed by atoms with Crippen molar-refractivity contribution in [3.05, 3.63) is 70.7 Å². The van der Waals surface area contributed by atoms with Gasteiger partial charge in [-0.1, -0.05) is 0 Å². The lowest BCUT2D eigenvalue weighted by Gasteiger charge is -2.17. The van der Waals surface area contributed by atoms with Gasteiger partial charge in [0.25, 0.3) is 11.5 Å². The van der Waals surface area contributed by atoms with Crippen molar-refractivity contribution in [3.63, 3.8) is 0 Å². The average molecular weight is 321 g/mol. The summed E-state index contributed by atoms with van der Waals surface area (Å²) >= 11 is 0. The minimum atomic E-state index is -0.206. The van der Waals surface area contributed by atoms with Gasteiger partial charge in [-0.2, -0.15) is 5.10 Å². The number of pyridine rings is 2. The van der Waals surface area contributed by atoms with Crippen LogP contribution in [0.3, 0.4) is 0 Å². The number of aryl methyl sites for hydroxylation is 1. The van der Waals surface area contributed by atoms with Crippen molar-refractivity contribution >= 4 is 11.6 Å². The lowest BCUT2D eigenvalue weighted by molar-refractivity contribution is 0.0988. The highest BCUT2D eigenvalue weighted by Gasteiger charge is 2.26. The summed E-state index contributed by atoms with van der Waals surface area (Å²) < 4.78 is 3.04. The molecular formula is C17H15N5O2. The van der Waals surface area contributed by atoms with Crippen LogP contribution in [0.25, 0.3) is 5.69 Å². The number of aromatic nitrogens is 4. The normalized spacial score (nSPS) is 13.1. The van der Waals surface area contributed by atoms with Gasteiger partial charge in [-0.05, 0) is 24.1 Å². The van der Waals surface area contributed by atoms with Crippen LogP contribution in [0.1, 0.15) is 15.9 Å². The van der Waals surface area contributed by atoms with Gasteiger partial charge in [-0.25, -0.2) is 0 Å². The van der Waals surface area contributed by atoms with E-state index in [9.17, 15) is 9.59 Å². The van der Waals surface area contributed by atoms with Crippen LogP contribution in [-0.2, 0) is 13.5 Å². The fourth-order valence-corrected chi connectivity index (χ4v) is 2.94. The molecule has 4 heterocycles. The van der Waals surface area contributed by atoms with Crippen molar-refractivity contribution in [1.29, 1.82) is 0 Å². The summed E-state index contributed by atoms with van der Waals surface area (Å²) in [5.41, 5.74) is 2.82. The second-order valence-electron chi connectivity index (χ2n) is 5.71. The Hall–Kier alpha value is -3.22. The first kappa shape index (κ1) is 14.4. The molecule has 1 aliphatic rings. The molecule has 7 heteroatoms. The number of hydrogen-bond donors (Lipinski definition) is 0. The van der Waals surface area contributed by atoms with Gasteiger partial charge in [0, 0.05) is 38.2 Å². The molecular weight excluding hydrogens is 306 g/mol. The number of rotatable bonds is 2. The molecule has 0 saturated heterocycles. The molecule has 0 saturated carbocycles. The Balaban J connectivity index is 1.73. The van der Waals surface area contributed by atoms with Gasteiger partial charge in [0.05, 0.1) is 29.3 Å². The largest absolute Gasteiger partial charge is 0.306 e. The lowest BCUT2D eigenvalue weighted by Crippen LogP contribution is -2.30. The monoisotopic (exact) mass is 321 g/mol. The Kier molecular flexibility index (Phi) is 3.26. The maximum absolute atomic E-state index is 12.9. The van der Waals surface area contributed by atoms with Gasteiger partial charge < -0.3 is 4.90 Å². The summed E-state index contributed by atoms with van der Waals surface area (Å²) in [6.07, 6.45) is 9.13. The van der Waals surface area contributed by atoms with E-state index in [0.717, 1.165) is 17.7 Å². The number of carbonyl (C=O) groups excluding carboxylic acids is 1. The quantitative estimate of drug-likeness (QED) is 0.710. The van der Waals surface area contributed by atoms with E-state index in [2.05, 4.69) is 10.1 Å². The third kappa shape index (κ3) is 2.30. The number of carbonyl (C=O) groups is 1. The molecule has 0 spiro atoms. The fourth-order valence-electron chi connectivity index (χ4n) is 2.94. The summed E-state index contributed by atoms with van der Waals surface area (Å²) in [5.74, 6) is -0.139. The molecule has 0 unspecified atom stereocenters. The zero-order chi connectivity index (χ0) is 16.7. The van der Waals surface area contributed by atoms with E-state index >= 15 is 0 Å². The Morgan fingerprint density at radius 3 is 2.83 bits per heavy atom. The van der Waals surface area contributed by atoms with Gasteiger partial charge in [0.15, 0.2) is 0 Å². The molecule has 1 aliphatic heterocycles. The minimum absolute atomic E-state index is 0.139. The van der Waals surface area contributed by atoms with Crippen LogP contribution in [0, 0.1) is 0 Å². The molecule has 24 heavy (non-hydrogen) atoms. The predicted molar refractivity (Wildman–Crippen MR) is 88.4 cm³/mol. The van der Waals surface area contributed by atoms with E-state index < -0.39 is 0 Å². The molecule has 1 amide bonds. The summed E-state index contributed by atoms with van der Waals surface area (Å²) in [6.45, 7) is 0.617. The minimum Gasteiger partial charge on any atom is -0.306 e. The Bertz CT molecular complexity index is 988. The molecule has 0 bridgehead atoms. The number of nitrogens with zero attached hydrogens (tertiary/aromatic N) is 5. The maximum atomic E-state index is 12.9. The Morgan fingerprint density at radius 1 is 1.17 bits per heavy atom. The van der Waals surface area contributed by atoms with Crippen LogP contribution < -0.4 is 10.5 Å². The van der Waals surface area contributed by atoms with Crippen molar-refractivity contribution in [2.45, 2.75) is 6.42 Å². The highest BCUT2D eigenvalue weighted by Crippen LogP contribution is 2.27.